The molecule has 0 aliphatic carbocycles. The summed E-state index contributed by atoms with van der Waals surface area (Å²) >= 11 is 0. The number of benzene rings is 1. The SMILES string of the molecule is CCN1CCC(CN(C)S(C)(=O)=O)(c2ccccc2)CC1. The highest BCUT2D eigenvalue weighted by atomic mass is 32.2. The summed E-state index contributed by atoms with van der Waals surface area (Å²) in [7, 11) is -1.46. The average molecular weight is 310 g/mol. The monoisotopic (exact) mass is 310 g/mol. The third kappa shape index (κ3) is 3.84. The van der Waals surface area contributed by atoms with Gasteiger partial charge in [-0.05, 0) is 38.0 Å². The zero-order valence-electron chi connectivity index (χ0n) is 13.2. The molecule has 1 saturated heterocycles. The van der Waals surface area contributed by atoms with Gasteiger partial charge >= 0.3 is 0 Å². The molecule has 0 atom stereocenters. The van der Waals surface area contributed by atoms with E-state index in [1.807, 2.05) is 18.2 Å². The van der Waals surface area contributed by atoms with Crippen molar-refractivity contribution in [3.63, 3.8) is 0 Å². The minimum atomic E-state index is -3.15. The van der Waals surface area contributed by atoms with Crippen molar-refractivity contribution in [1.82, 2.24) is 9.21 Å². The molecule has 1 fully saturated rings. The van der Waals surface area contributed by atoms with Crippen molar-refractivity contribution in [2.24, 2.45) is 0 Å². The maximum Gasteiger partial charge on any atom is 0.210 e. The zero-order valence-corrected chi connectivity index (χ0v) is 14.1. The second kappa shape index (κ2) is 6.46. The molecule has 5 heteroatoms. The molecule has 0 spiro atoms. The molecule has 2 rings (SSSR count). The third-order valence-electron chi connectivity index (χ3n) is 4.74. The summed E-state index contributed by atoms with van der Waals surface area (Å²) in [5.41, 5.74) is 1.20. The van der Waals surface area contributed by atoms with Gasteiger partial charge in [0.25, 0.3) is 0 Å². The van der Waals surface area contributed by atoms with Crippen LogP contribution in [0.25, 0.3) is 0 Å². The van der Waals surface area contributed by atoms with Gasteiger partial charge in [-0.15, -0.1) is 0 Å². The highest BCUT2D eigenvalue weighted by Gasteiger charge is 2.38. The van der Waals surface area contributed by atoms with Crippen molar-refractivity contribution >= 4 is 10.0 Å². The molecule has 1 heterocycles. The minimum Gasteiger partial charge on any atom is -0.304 e. The van der Waals surface area contributed by atoms with Crippen LogP contribution in [-0.4, -0.2) is 57.1 Å². The van der Waals surface area contributed by atoms with Gasteiger partial charge < -0.3 is 4.90 Å². The number of hydrogen-bond acceptors (Lipinski definition) is 3. The van der Waals surface area contributed by atoms with E-state index in [4.69, 9.17) is 0 Å². The largest absolute Gasteiger partial charge is 0.304 e. The molecule has 0 aromatic heterocycles. The summed E-state index contributed by atoms with van der Waals surface area (Å²) in [5, 5.41) is 0. The molecule has 1 aliphatic heterocycles. The minimum absolute atomic E-state index is 0.0647. The Balaban J connectivity index is 2.28. The van der Waals surface area contributed by atoms with Crippen LogP contribution in [0, 0.1) is 0 Å². The van der Waals surface area contributed by atoms with E-state index in [0.717, 1.165) is 32.5 Å². The van der Waals surface area contributed by atoms with Crippen LogP contribution in [0.15, 0.2) is 30.3 Å². The second-order valence-electron chi connectivity index (χ2n) is 6.10. The normalized spacial score (nSPS) is 19.8. The number of likely N-dealkylation sites (tertiary alicyclic amines) is 1. The first-order chi connectivity index (χ1) is 9.87. The smallest absolute Gasteiger partial charge is 0.210 e. The Labute approximate surface area is 128 Å². The van der Waals surface area contributed by atoms with Crippen molar-refractivity contribution in [3.8, 4) is 0 Å². The summed E-state index contributed by atoms with van der Waals surface area (Å²) in [6.07, 6.45) is 3.29. The van der Waals surface area contributed by atoms with Crippen LogP contribution in [0.2, 0.25) is 0 Å². The number of rotatable bonds is 5. The van der Waals surface area contributed by atoms with E-state index < -0.39 is 10.0 Å². The first-order valence-electron chi connectivity index (χ1n) is 7.56. The van der Waals surface area contributed by atoms with Gasteiger partial charge in [0.15, 0.2) is 0 Å². The molecular weight excluding hydrogens is 284 g/mol. The van der Waals surface area contributed by atoms with E-state index in [0.29, 0.717) is 6.54 Å². The summed E-state index contributed by atoms with van der Waals surface area (Å²) in [5.74, 6) is 0. The van der Waals surface area contributed by atoms with E-state index >= 15 is 0 Å². The molecule has 1 aromatic rings. The van der Waals surface area contributed by atoms with Gasteiger partial charge in [-0.25, -0.2) is 12.7 Å². The molecule has 118 valence electrons. The molecular formula is C16H26N2O2S. The van der Waals surface area contributed by atoms with Crippen molar-refractivity contribution in [1.29, 1.82) is 0 Å². The third-order valence-corrected chi connectivity index (χ3v) is 6.00. The summed E-state index contributed by atoms with van der Waals surface area (Å²) in [4.78, 5) is 2.43. The Hall–Kier alpha value is -0.910. The van der Waals surface area contributed by atoms with Gasteiger partial charge in [-0.2, -0.15) is 0 Å². The Bertz CT molecular complexity index is 549. The van der Waals surface area contributed by atoms with Crippen molar-refractivity contribution < 1.29 is 8.42 Å². The van der Waals surface area contributed by atoms with Crippen molar-refractivity contribution in [2.45, 2.75) is 25.2 Å². The maximum absolute atomic E-state index is 11.8. The highest BCUT2D eigenvalue weighted by Crippen LogP contribution is 2.36. The Kier molecular flexibility index (Phi) is 5.07. The Morgan fingerprint density at radius 2 is 1.76 bits per heavy atom. The van der Waals surface area contributed by atoms with E-state index in [2.05, 4.69) is 24.0 Å². The number of likely N-dealkylation sites (N-methyl/N-ethyl adjacent to an activating group) is 1. The average Bonchev–Trinajstić information content (AvgIpc) is 2.48. The van der Waals surface area contributed by atoms with Gasteiger partial charge in [0.2, 0.25) is 10.0 Å². The van der Waals surface area contributed by atoms with Gasteiger partial charge in [-0.3, -0.25) is 0 Å². The predicted octanol–water partition coefficient (Wildman–Crippen LogP) is 1.93. The fraction of sp³-hybridized carbons (Fsp3) is 0.625. The Morgan fingerprint density at radius 1 is 1.19 bits per heavy atom. The lowest BCUT2D eigenvalue weighted by Gasteiger charge is -2.43. The fourth-order valence-corrected chi connectivity index (χ4v) is 3.65. The molecule has 4 nitrogen and oxygen atoms in total. The molecule has 1 aliphatic rings. The van der Waals surface area contributed by atoms with Crippen LogP contribution in [0.5, 0.6) is 0 Å². The molecule has 21 heavy (non-hydrogen) atoms. The second-order valence-corrected chi connectivity index (χ2v) is 8.19. The van der Waals surface area contributed by atoms with E-state index in [-0.39, 0.29) is 5.41 Å². The number of piperidine rings is 1. The van der Waals surface area contributed by atoms with Crippen LogP contribution >= 0.6 is 0 Å². The quantitative estimate of drug-likeness (QED) is 0.834. The molecule has 0 amide bonds. The molecule has 0 saturated carbocycles. The Morgan fingerprint density at radius 3 is 2.24 bits per heavy atom. The first kappa shape index (κ1) is 16.5. The van der Waals surface area contributed by atoms with Crippen molar-refractivity contribution in [3.05, 3.63) is 35.9 Å². The van der Waals surface area contributed by atoms with Crippen LogP contribution in [0.1, 0.15) is 25.3 Å². The number of hydrogen-bond donors (Lipinski definition) is 0. The molecule has 0 bridgehead atoms. The first-order valence-corrected chi connectivity index (χ1v) is 9.41. The van der Waals surface area contributed by atoms with Gasteiger partial charge in [-0.1, -0.05) is 37.3 Å². The highest BCUT2D eigenvalue weighted by molar-refractivity contribution is 7.88. The molecule has 1 aromatic carbocycles. The van der Waals surface area contributed by atoms with Crippen LogP contribution in [0.4, 0.5) is 0 Å². The van der Waals surface area contributed by atoms with Crippen LogP contribution < -0.4 is 0 Å². The standard InChI is InChI=1S/C16H26N2O2S/c1-4-18-12-10-16(11-13-18,14-17(2)21(3,19)20)15-8-6-5-7-9-15/h5-9H,4,10-14H2,1-3H3. The topological polar surface area (TPSA) is 40.6 Å². The molecule has 0 radical (unpaired) electrons. The lowest BCUT2D eigenvalue weighted by Crippen LogP contribution is -2.49. The lowest BCUT2D eigenvalue weighted by atomic mass is 9.72. The lowest BCUT2D eigenvalue weighted by molar-refractivity contribution is 0.150. The molecule has 0 N–H and O–H groups in total. The van der Waals surface area contributed by atoms with Crippen LogP contribution in [0.3, 0.4) is 0 Å². The summed E-state index contributed by atoms with van der Waals surface area (Å²) < 4.78 is 25.1. The van der Waals surface area contributed by atoms with E-state index in [1.165, 1.54) is 16.1 Å². The number of nitrogens with zero attached hydrogens (tertiary/aromatic N) is 2. The summed E-state index contributed by atoms with van der Waals surface area (Å²) in [6, 6.07) is 10.4. The maximum atomic E-state index is 11.8. The van der Waals surface area contributed by atoms with Crippen molar-refractivity contribution in [2.75, 3.05) is 39.5 Å². The number of sulfonamides is 1. The molecule has 0 unspecified atom stereocenters. The zero-order chi connectivity index (χ0) is 15.5. The van der Waals surface area contributed by atoms with Crippen LogP contribution in [-0.2, 0) is 15.4 Å². The van der Waals surface area contributed by atoms with E-state index in [1.54, 1.807) is 7.05 Å². The summed E-state index contributed by atoms with van der Waals surface area (Å²) in [6.45, 7) is 5.87. The van der Waals surface area contributed by atoms with Gasteiger partial charge in [0, 0.05) is 19.0 Å². The predicted molar refractivity (Wildman–Crippen MR) is 86.9 cm³/mol. The van der Waals surface area contributed by atoms with Gasteiger partial charge in [0.1, 0.15) is 0 Å². The van der Waals surface area contributed by atoms with Gasteiger partial charge in [0.05, 0.1) is 6.26 Å². The van der Waals surface area contributed by atoms with E-state index in [9.17, 15) is 8.42 Å². The fourth-order valence-electron chi connectivity index (χ4n) is 3.17.